The van der Waals surface area contributed by atoms with Crippen LogP contribution in [-0.4, -0.2) is 11.0 Å². The van der Waals surface area contributed by atoms with Crippen molar-refractivity contribution in [1.29, 1.82) is 0 Å². The summed E-state index contributed by atoms with van der Waals surface area (Å²) in [6.07, 6.45) is 5.24. The van der Waals surface area contributed by atoms with Crippen LogP contribution in [0.1, 0.15) is 32.1 Å². The Bertz CT molecular complexity index is 106. The van der Waals surface area contributed by atoms with Crippen LogP contribution in [0.25, 0.3) is 0 Å². The minimum atomic E-state index is 0.464. The van der Waals surface area contributed by atoms with E-state index in [9.17, 15) is 4.79 Å². The van der Waals surface area contributed by atoms with Gasteiger partial charge in [0, 0.05) is 12.8 Å². The molecule has 1 rings (SSSR count). The molecule has 1 N–H and O–H groups in total. The summed E-state index contributed by atoms with van der Waals surface area (Å²) in [5, 5.41) is 7.89. The molecule has 0 bridgehead atoms. The summed E-state index contributed by atoms with van der Waals surface area (Å²) in [6, 6.07) is 0. The summed E-state index contributed by atoms with van der Waals surface area (Å²) < 4.78 is 0. The molecule has 1 fully saturated rings. The van der Waals surface area contributed by atoms with Gasteiger partial charge in [-0.25, -0.2) is 0 Å². The Hall–Kier alpha value is -0.930. The monoisotopic (exact) mass is 145 g/mol. The summed E-state index contributed by atoms with van der Waals surface area (Å²) >= 11 is 0. The molecule has 1 aliphatic rings. The van der Waals surface area contributed by atoms with E-state index in [1.54, 1.807) is 0 Å². The molecule has 0 aromatic carbocycles. The third kappa shape index (κ3) is 5.21. The van der Waals surface area contributed by atoms with Crippen LogP contribution in [0, 0.1) is 4.91 Å². The fraction of sp³-hybridized carbons (Fsp3) is 0.833. The van der Waals surface area contributed by atoms with E-state index < -0.39 is 0 Å². The molecule has 0 unspecified atom stereocenters. The van der Waals surface area contributed by atoms with Gasteiger partial charge in [-0.1, -0.05) is 6.42 Å². The van der Waals surface area contributed by atoms with Crippen LogP contribution in [-0.2, 0) is 4.79 Å². The van der Waals surface area contributed by atoms with Gasteiger partial charge in [-0.05, 0) is 12.8 Å². The van der Waals surface area contributed by atoms with E-state index in [-0.39, 0.29) is 0 Å². The molecular formula is C6H11NO3. The van der Waals surface area contributed by atoms with Gasteiger partial charge >= 0.3 is 0 Å². The van der Waals surface area contributed by atoms with Gasteiger partial charge in [0.15, 0.2) is 5.34 Å². The first kappa shape index (κ1) is 9.07. The van der Waals surface area contributed by atoms with E-state index >= 15 is 0 Å². The zero-order valence-electron chi connectivity index (χ0n) is 5.75. The summed E-state index contributed by atoms with van der Waals surface area (Å²) in [5.41, 5.74) is 0. The number of Topliss-reactive ketones (excluding diaryl/α,β-unsaturated/α-hetero) is 1. The van der Waals surface area contributed by atoms with Crippen molar-refractivity contribution in [3.63, 3.8) is 0 Å². The zero-order chi connectivity index (χ0) is 7.82. The van der Waals surface area contributed by atoms with Crippen LogP contribution in [0.5, 0.6) is 0 Å². The highest BCUT2D eigenvalue weighted by atomic mass is 16.6. The second kappa shape index (κ2) is 6.19. The van der Waals surface area contributed by atoms with Gasteiger partial charge in [-0.2, -0.15) is 0 Å². The Kier molecular flexibility index (Phi) is 5.62. The lowest BCUT2D eigenvalue weighted by Crippen LogP contribution is -2.02. The largest absolute Gasteiger partial charge is 0.379 e. The van der Waals surface area contributed by atoms with Crippen LogP contribution in [0.3, 0.4) is 0 Å². The molecule has 58 valence electrons. The minimum Gasteiger partial charge on any atom is -0.379 e. The highest BCUT2D eigenvalue weighted by molar-refractivity contribution is 5.78. The van der Waals surface area contributed by atoms with Crippen molar-refractivity contribution in [2.75, 3.05) is 0 Å². The Balaban J connectivity index is 0.000000236. The molecule has 0 aliphatic heterocycles. The Morgan fingerprint density at radius 3 is 1.80 bits per heavy atom. The molecule has 1 aliphatic carbocycles. The number of ketones is 1. The van der Waals surface area contributed by atoms with E-state index in [1.165, 1.54) is 11.8 Å². The maximum Gasteiger partial charge on any atom is 0.152 e. The second-order valence-electron chi connectivity index (χ2n) is 2.18. The van der Waals surface area contributed by atoms with Gasteiger partial charge in [-0.15, -0.1) is 4.91 Å². The van der Waals surface area contributed by atoms with Crippen molar-refractivity contribution >= 4 is 5.78 Å². The van der Waals surface area contributed by atoms with Gasteiger partial charge < -0.3 is 5.21 Å². The Labute approximate surface area is 59.2 Å². The Morgan fingerprint density at radius 2 is 1.60 bits per heavy atom. The maximum absolute atomic E-state index is 10.5. The highest BCUT2D eigenvalue weighted by Gasteiger charge is 2.05. The molecule has 0 radical (unpaired) electrons. The van der Waals surface area contributed by atoms with Crippen LogP contribution in [0.4, 0.5) is 0 Å². The summed E-state index contributed by atoms with van der Waals surface area (Å²) in [6.45, 7) is 0. The molecule has 10 heavy (non-hydrogen) atoms. The van der Waals surface area contributed by atoms with Gasteiger partial charge in [0.1, 0.15) is 5.78 Å². The van der Waals surface area contributed by atoms with Crippen LogP contribution in [0.15, 0.2) is 5.34 Å². The normalized spacial score (nSPS) is 17.0. The lowest BCUT2D eigenvalue weighted by molar-refractivity contribution is -0.120. The standard InChI is InChI=1S/C6H10O.HNO2/c7-6-4-2-1-3-5-6;2-1-3/h1-5H2;(H,2,3). The molecule has 4 heteroatoms. The van der Waals surface area contributed by atoms with Crippen LogP contribution < -0.4 is 0 Å². The summed E-state index contributed by atoms with van der Waals surface area (Å²) in [4.78, 5) is 18.6. The second-order valence-corrected chi connectivity index (χ2v) is 2.18. The van der Waals surface area contributed by atoms with E-state index in [2.05, 4.69) is 0 Å². The Morgan fingerprint density at radius 1 is 1.20 bits per heavy atom. The van der Waals surface area contributed by atoms with E-state index in [4.69, 9.17) is 10.1 Å². The number of carbonyl (C=O) groups excluding carboxylic acids is 1. The van der Waals surface area contributed by atoms with Crippen LogP contribution >= 0.6 is 0 Å². The summed E-state index contributed by atoms with van der Waals surface area (Å²) in [7, 11) is 0. The minimum absolute atomic E-state index is 0.464. The van der Waals surface area contributed by atoms with Crippen LogP contribution in [0.2, 0.25) is 0 Å². The van der Waals surface area contributed by atoms with Gasteiger partial charge in [0.05, 0.1) is 0 Å². The SMILES string of the molecule is O=C1CCCCC1.O=NO. The van der Waals surface area contributed by atoms with E-state index in [1.807, 2.05) is 0 Å². The average molecular weight is 145 g/mol. The van der Waals surface area contributed by atoms with E-state index in [0.717, 1.165) is 25.7 Å². The van der Waals surface area contributed by atoms with Crippen molar-refractivity contribution in [2.24, 2.45) is 5.34 Å². The topological polar surface area (TPSA) is 66.7 Å². The molecule has 0 amide bonds. The molecule has 0 atom stereocenters. The number of rotatable bonds is 0. The third-order valence-electron chi connectivity index (χ3n) is 1.41. The molecule has 0 heterocycles. The third-order valence-corrected chi connectivity index (χ3v) is 1.41. The highest BCUT2D eigenvalue weighted by Crippen LogP contribution is 2.12. The lowest BCUT2D eigenvalue weighted by atomic mass is 10.00. The first-order valence-corrected chi connectivity index (χ1v) is 3.29. The van der Waals surface area contributed by atoms with Gasteiger partial charge in [0.25, 0.3) is 0 Å². The fourth-order valence-electron chi connectivity index (χ4n) is 0.946. The molecule has 1 saturated carbocycles. The van der Waals surface area contributed by atoms with Crippen molar-refractivity contribution in [2.45, 2.75) is 32.1 Å². The number of carbonyl (C=O) groups is 1. The lowest BCUT2D eigenvalue weighted by Gasteiger charge is -2.05. The van der Waals surface area contributed by atoms with Crippen molar-refractivity contribution in [3.8, 4) is 0 Å². The predicted molar refractivity (Wildman–Crippen MR) is 35.7 cm³/mol. The van der Waals surface area contributed by atoms with Gasteiger partial charge in [0.2, 0.25) is 0 Å². The summed E-state index contributed by atoms with van der Waals surface area (Å²) in [5.74, 6) is 0.464. The maximum atomic E-state index is 10.5. The number of hydrogen-bond acceptors (Lipinski definition) is 3. The van der Waals surface area contributed by atoms with Gasteiger partial charge in [-0.3, -0.25) is 4.79 Å². The first-order valence-electron chi connectivity index (χ1n) is 3.29. The smallest absolute Gasteiger partial charge is 0.152 e. The van der Waals surface area contributed by atoms with E-state index in [0.29, 0.717) is 5.78 Å². The fourth-order valence-corrected chi connectivity index (χ4v) is 0.946. The molecule has 4 nitrogen and oxygen atoms in total. The quantitative estimate of drug-likeness (QED) is 0.416. The molecule has 0 aromatic heterocycles. The van der Waals surface area contributed by atoms with Crippen molar-refractivity contribution < 1.29 is 10.0 Å². The predicted octanol–water partition coefficient (Wildman–Crippen LogP) is 1.66. The molecule has 0 aromatic rings. The first-order chi connectivity index (χ1) is 4.81. The van der Waals surface area contributed by atoms with Crippen molar-refractivity contribution in [3.05, 3.63) is 4.91 Å². The number of nitrogens with zero attached hydrogens (tertiary/aromatic N) is 1. The van der Waals surface area contributed by atoms with Crippen molar-refractivity contribution in [1.82, 2.24) is 0 Å². The zero-order valence-corrected chi connectivity index (χ0v) is 5.75. The molecule has 0 spiro atoms. The number of hydrogen-bond donors (Lipinski definition) is 1. The average Bonchev–Trinajstić information content (AvgIpc) is 1.91. The molecular weight excluding hydrogens is 134 g/mol. The molecule has 0 saturated heterocycles.